The summed E-state index contributed by atoms with van der Waals surface area (Å²) in [5, 5.41) is 13.6. The summed E-state index contributed by atoms with van der Waals surface area (Å²) in [6.07, 6.45) is 2.40. The average Bonchev–Trinajstić information content (AvgIpc) is 3.25. The lowest BCUT2D eigenvalue weighted by atomic mass is 10.0. The van der Waals surface area contributed by atoms with Crippen molar-refractivity contribution in [3.63, 3.8) is 0 Å². The smallest absolute Gasteiger partial charge is 0.261 e. The van der Waals surface area contributed by atoms with Crippen LogP contribution in [0.4, 0.5) is 0 Å². The highest BCUT2D eigenvalue weighted by Gasteiger charge is 2.50. The minimum absolute atomic E-state index is 0.107. The van der Waals surface area contributed by atoms with E-state index < -0.39 is 8.32 Å². The number of aromatic nitrogens is 1. The van der Waals surface area contributed by atoms with Gasteiger partial charge in [0.05, 0.1) is 5.92 Å². The molecule has 0 amide bonds. The molecule has 0 aliphatic heterocycles. The number of nitro groups is 1. The largest absolute Gasteiger partial charge is 0.407 e. The fraction of sp³-hybridized carbons (Fsp3) is 0.333. The zero-order valence-corrected chi connectivity index (χ0v) is 18.9. The number of H-pyrrole nitrogens is 1. The van der Waals surface area contributed by atoms with Crippen LogP contribution in [-0.4, -0.2) is 31.4 Å². The number of hydrogen-bond donors (Lipinski definition) is 1. The van der Waals surface area contributed by atoms with Crippen LogP contribution in [0.1, 0.15) is 38.8 Å². The normalized spacial score (nSPS) is 13.2. The molecule has 0 unspecified atom stereocenters. The lowest BCUT2D eigenvalue weighted by Crippen LogP contribution is -2.66. The Kier molecular flexibility index (Phi) is 6.90. The molecule has 6 heteroatoms. The summed E-state index contributed by atoms with van der Waals surface area (Å²) in [5.41, 5.74) is 0.887. The quantitative estimate of drug-likeness (QED) is 0.317. The maximum atomic E-state index is 11.2. The number of nitrogens with one attached hydrogen (secondary N) is 1. The molecule has 3 rings (SSSR count). The second kappa shape index (κ2) is 9.41. The zero-order valence-electron chi connectivity index (χ0n) is 17.9. The number of nitrogens with zero attached hydrogens (tertiary/aromatic N) is 1. The van der Waals surface area contributed by atoms with Gasteiger partial charge in [-0.25, -0.2) is 0 Å². The molecule has 0 fully saturated rings. The number of hydrogen-bond acceptors (Lipinski definition) is 3. The first kappa shape index (κ1) is 22.0. The molecule has 0 saturated carbocycles. The van der Waals surface area contributed by atoms with Crippen LogP contribution in [0.2, 0.25) is 5.04 Å². The molecule has 1 atom stereocenters. The Hall–Kier alpha value is -2.70. The minimum Gasteiger partial charge on any atom is -0.407 e. The van der Waals surface area contributed by atoms with Crippen LogP contribution in [0.15, 0.2) is 79.0 Å². The fourth-order valence-electron chi connectivity index (χ4n) is 4.24. The Morgan fingerprint density at radius 2 is 1.53 bits per heavy atom. The van der Waals surface area contributed by atoms with Crippen LogP contribution in [0.25, 0.3) is 0 Å². The van der Waals surface area contributed by atoms with Gasteiger partial charge in [-0.05, 0) is 34.0 Å². The van der Waals surface area contributed by atoms with Gasteiger partial charge in [0.1, 0.15) is 0 Å². The topological polar surface area (TPSA) is 68.2 Å². The van der Waals surface area contributed by atoms with E-state index in [1.54, 1.807) is 0 Å². The summed E-state index contributed by atoms with van der Waals surface area (Å²) in [6.45, 7) is 7.06. The summed E-state index contributed by atoms with van der Waals surface area (Å²) >= 11 is 0. The molecular weight excluding hydrogens is 392 g/mol. The van der Waals surface area contributed by atoms with Crippen molar-refractivity contribution in [3.05, 3.63) is 94.8 Å². The van der Waals surface area contributed by atoms with Gasteiger partial charge < -0.3 is 9.41 Å². The maximum Gasteiger partial charge on any atom is 0.261 e. The molecule has 0 saturated heterocycles. The number of aromatic amines is 1. The van der Waals surface area contributed by atoms with E-state index in [1.807, 2.05) is 30.5 Å². The van der Waals surface area contributed by atoms with Gasteiger partial charge >= 0.3 is 0 Å². The highest BCUT2D eigenvalue weighted by Crippen LogP contribution is 2.37. The van der Waals surface area contributed by atoms with Gasteiger partial charge in [0.2, 0.25) is 6.54 Å². The predicted molar refractivity (Wildman–Crippen MR) is 124 cm³/mol. The van der Waals surface area contributed by atoms with Crippen LogP contribution < -0.4 is 10.4 Å². The van der Waals surface area contributed by atoms with Crippen molar-refractivity contribution in [2.45, 2.75) is 38.1 Å². The molecule has 5 nitrogen and oxygen atoms in total. The summed E-state index contributed by atoms with van der Waals surface area (Å²) in [5.74, 6) is -0.201. The summed E-state index contributed by atoms with van der Waals surface area (Å²) < 4.78 is 6.88. The van der Waals surface area contributed by atoms with Gasteiger partial charge in [0, 0.05) is 23.4 Å². The fourth-order valence-corrected chi connectivity index (χ4v) is 8.82. The second-order valence-electron chi connectivity index (χ2n) is 8.64. The summed E-state index contributed by atoms with van der Waals surface area (Å²) in [6, 6.07) is 24.7. The van der Waals surface area contributed by atoms with E-state index in [0.29, 0.717) is 13.0 Å². The molecule has 0 spiro atoms. The first-order chi connectivity index (χ1) is 14.3. The van der Waals surface area contributed by atoms with E-state index in [2.05, 4.69) is 74.3 Å². The van der Waals surface area contributed by atoms with Crippen molar-refractivity contribution >= 4 is 18.7 Å². The van der Waals surface area contributed by atoms with Crippen molar-refractivity contribution in [2.75, 3.05) is 13.2 Å². The molecule has 0 aliphatic rings. The van der Waals surface area contributed by atoms with Gasteiger partial charge in [-0.2, -0.15) is 0 Å². The minimum atomic E-state index is -2.62. The van der Waals surface area contributed by atoms with Crippen LogP contribution in [-0.2, 0) is 4.43 Å². The van der Waals surface area contributed by atoms with E-state index in [-0.39, 0.29) is 22.4 Å². The number of rotatable bonds is 9. The molecule has 1 heterocycles. The Morgan fingerprint density at radius 1 is 0.967 bits per heavy atom. The highest BCUT2D eigenvalue weighted by atomic mass is 28.4. The average molecular weight is 423 g/mol. The first-order valence-electron chi connectivity index (χ1n) is 10.3. The van der Waals surface area contributed by atoms with Gasteiger partial charge in [-0.1, -0.05) is 81.4 Å². The summed E-state index contributed by atoms with van der Waals surface area (Å²) in [4.78, 5) is 14.1. The summed E-state index contributed by atoms with van der Waals surface area (Å²) in [7, 11) is -2.62. The zero-order chi connectivity index (χ0) is 21.6. The van der Waals surface area contributed by atoms with E-state index in [0.717, 1.165) is 5.69 Å². The van der Waals surface area contributed by atoms with E-state index in [4.69, 9.17) is 4.43 Å². The monoisotopic (exact) mass is 422 g/mol. The van der Waals surface area contributed by atoms with Gasteiger partial charge in [0.15, 0.2) is 0 Å². The maximum absolute atomic E-state index is 11.2. The molecule has 1 N–H and O–H groups in total. The molecule has 30 heavy (non-hydrogen) atoms. The van der Waals surface area contributed by atoms with Crippen molar-refractivity contribution in [3.8, 4) is 0 Å². The van der Waals surface area contributed by atoms with E-state index in [1.165, 1.54) is 10.4 Å². The Bertz CT molecular complexity index is 883. The number of benzene rings is 2. The van der Waals surface area contributed by atoms with Crippen molar-refractivity contribution in [1.82, 2.24) is 4.98 Å². The Labute approximate surface area is 179 Å². The lowest BCUT2D eigenvalue weighted by molar-refractivity contribution is -0.483. The highest BCUT2D eigenvalue weighted by molar-refractivity contribution is 6.99. The molecule has 1 aromatic heterocycles. The van der Waals surface area contributed by atoms with Crippen molar-refractivity contribution < 1.29 is 9.35 Å². The molecule has 0 bridgehead atoms. The molecular formula is C24H30N2O3Si. The van der Waals surface area contributed by atoms with E-state index >= 15 is 0 Å². The first-order valence-corrected chi connectivity index (χ1v) is 12.3. The Morgan fingerprint density at radius 3 is 1.97 bits per heavy atom. The van der Waals surface area contributed by atoms with Gasteiger partial charge in [0.25, 0.3) is 8.32 Å². The van der Waals surface area contributed by atoms with Gasteiger partial charge in [-0.3, -0.25) is 10.1 Å². The van der Waals surface area contributed by atoms with Crippen LogP contribution in [0, 0.1) is 10.1 Å². The third-order valence-electron chi connectivity index (χ3n) is 5.63. The molecule has 0 aliphatic carbocycles. The molecule has 2 aromatic carbocycles. The van der Waals surface area contributed by atoms with Crippen LogP contribution >= 0.6 is 0 Å². The molecule has 0 radical (unpaired) electrons. The SMILES string of the molecule is CC(C)(C)[Si](OCC[C@@H](C[N+](=O)[O-])c1ccc[nH]1)(c1ccccc1)c1ccccc1. The third kappa shape index (κ3) is 4.71. The molecule has 158 valence electrons. The van der Waals surface area contributed by atoms with Crippen LogP contribution in [0.3, 0.4) is 0 Å². The van der Waals surface area contributed by atoms with Gasteiger partial charge in [-0.15, -0.1) is 0 Å². The Balaban J connectivity index is 1.94. The standard InChI is InChI=1S/C24H30N2O3Si/c1-24(2,3)30(21-11-6-4-7-12-21,22-13-8-5-9-14-22)29-18-16-20(19-26(27)28)23-15-10-17-25-23/h4-15,17,20,25H,16,18-19H2,1-3H3/t20-/m0/s1. The molecule has 3 aromatic rings. The second-order valence-corrected chi connectivity index (χ2v) is 12.9. The van der Waals surface area contributed by atoms with Crippen LogP contribution in [0.5, 0.6) is 0 Å². The van der Waals surface area contributed by atoms with Crippen molar-refractivity contribution in [2.24, 2.45) is 0 Å². The lowest BCUT2D eigenvalue weighted by Gasteiger charge is -2.43. The van der Waals surface area contributed by atoms with E-state index in [9.17, 15) is 10.1 Å². The van der Waals surface area contributed by atoms with Crippen molar-refractivity contribution in [1.29, 1.82) is 0 Å². The predicted octanol–water partition coefficient (Wildman–Crippen LogP) is 4.34. The third-order valence-corrected chi connectivity index (χ3v) is 10.7.